The van der Waals surface area contributed by atoms with Gasteiger partial charge in [0.2, 0.25) is 0 Å². The topological polar surface area (TPSA) is 72.2 Å². The number of nitrogens with one attached hydrogen (secondary N) is 1. The van der Waals surface area contributed by atoms with Gasteiger partial charge >= 0.3 is 0 Å². The molecule has 112 valence electrons. The van der Waals surface area contributed by atoms with E-state index in [0.29, 0.717) is 20.2 Å². The molecule has 0 saturated heterocycles. The molecule has 7 heteroatoms. The smallest absolute Gasteiger partial charge is 0.262 e. The first kappa shape index (κ1) is 16.5. The second kappa shape index (κ2) is 6.48. The average Bonchev–Trinajstić information content (AvgIpc) is 2.43. The molecule has 2 rings (SSSR count). The van der Waals surface area contributed by atoms with Crippen molar-refractivity contribution in [1.82, 2.24) is 0 Å². The standard InChI is InChI=1S/C14H14Br2N2O2S/c1-9-6-11(15)14(12(16)7-9)18-21(19,20)13-5-3-2-4-10(13)8-17/h2-7,18H,8,17H2,1H3. The molecule has 0 radical (unpaired) electrons. The number of rotatable bonds is 4. The van der Waals surface area contributed by atoms with E-state index in [1.54, 1.807) is 24.3 Å². The van der Waals surface area contributed by atoms with E-state index < -0.39 is 10.0 Å². The van der Waals surface area contributed by atoms with Crippen LogP contribution in [0, 0.1) is 6.92 Å². The monoisotopic (exact) mass is 432 g/mol. The Balaban J connectivity index is 2.48. The summed E-state index contributed by atoms with van der Waals surface area (Å²) in [5, 5.41) is 0. The van der Waals surface area contributed by atoms with Crippen LogP contribution in [0.5, 0.6) is 0 Å². The second-order valence-electron chi connectivity index (χ2n) is 4.52. The molecule has 0 aromatic heterocycles. The molecule has 0 aliphatic rings. The number of hydrogen-bond donors (Lipinski definition) is 2. The minimum Gasteiger partial charge on any atom is -0.326 e. The molecule has 0 amide bonds. The Labute approximate surface area is 141 Å². The van der Waals surface area contributed by atoms with Crippen molar-refractivity contribution in [2.75, 3.05) is 4.72 Å². The van der Waals surface area contributed by atoms with Crippen LogP contribution in [-0.2, 0) is 16.6 Å². The zero-order valence-electron chi connectivity index (χ0n) is 11.2. The molecule has 3 N–H and O–H groups in total. The molecule has 0 saturated carbocycles. The van der Waals surface area contributed by atoms with Gasteiger partial charge in [-0.15, -0.1) is 0 Å². The fourth-order valence-corrected chi connectivity index (χ4v) is 5.15. The van der Waals surface area contributed by atoms with Crippen LogP contribution < -0.4 is 10.5 Å². The van der Waals surface area contributed by atoms with Crippen molar-refractivity contribution >= 4 is 47.6 Å². The van der Waals surface area contributed by atoms with Crippen LogP contribution >= 0.6 is 31.9 Å². The van der Waals surface area contributed by atoms with E-state index >= 15 is 0 Å². The lowest BCUT2D eigenvalue weighted by atomic mass is 10.2. The normalized spacial score (nSPS) is 11.4. The minimum absolute atomic E-state index is 0.160. The molecule has 0 atom stereocenters. The number of nitrogens with two attached hydrogens (primary N) is 1. The number of hydrogen-bond acceptors (Lipinski definition) is 3. The van der Waals surface area contributed by atoms with Crippen LogP contribution in [0.4, 0.5) is 5.69 Å². The average molecular weight is 434 g/mol. The summed E-state index contributed by atoms with van der Waals surface area (Å²) in [6.45, 7) is 2.09. The highest BCUT2D eigenvalue weighted by atomic mass is 79.9. The Kier molecular flexibility index (Phi) is 5.08. The summed E-state index contributed by atoms with van der Waals surface area (Å²) in [5.41, 5.74) is 7.66. The first-order chi connectivity index (χ1) is 9.85. The number of anilines is 1. The molecule has 0 unspecified atom stereocenters. The SMILES string of the molecule is Cc1cc(Br)c(NS(=O)(=O)c2ccccc2CN)c(Br)c1. The van der Waals surface area contributed by atoms with Gasteiger partial charge in [0.05, 0.1) is 10.6 Å². The van der Waals surface area contributed by atoms with Gasteiger partial charge in [-0.05, 0) is 68.1 Å². The van der Waals surface area contributed by atoms with Crippen molar-refractivity contribution in [1.29, 1.82) is 0 Å². The van der Waals surface area contributed by atoms with E-state index in [4.69, 9.17) is 5.73 Å². The fourth-order valence-electron chi connectivity index (χ4n) is 1.92. The van der Waals surface area contributed by atoms with Gasteiger partial charge in [-0.2, -0.15) is 0 Å². The summed E-state index contributed by atoms with van der Waals surface area (Å²) >= 11 is 6.75. The molecule has 2 aromatic carbocycles. The van der Waals surface area contributed by atoms with Gasteiger partial charge in [0.15, 0.2) is 0 Å². The summed E-state index contributed by atoms with van der Waals surface area (Å²) in [4.78, 5) is 0.187. The Hall–Kier alpha value is -0.890. The molecule has 0 spiro atoms. The minimum atomic E-state index is -3.70. The molecule has 0 heterocycles. The first-order valence-corrected chi connectivity index (χ1v) is 9.18. The van der Waals surface area contributed by atoms with Crippen molar-refractivity contribution in [2.45, 2.75) is 18.4 Å². The van der Waals surface area contributed by atoms with Crippen molar-refractivity contribution in [3.05, 3.63) is 56.5 Å². The van der Waals surface area contributed by atoms with Gasteiger partial charge in [-0.1, -0.05) is 18.2 Å². The van der Waals surface area contributed by atoms with E-state index in [-0.39, 0.29) is 11.4 Å². The Morgan fingerprint density at radius 1 is 1.14 bits per heavy atom. The van der Waals surface area contributed by atoms with Gasteiger partial charge in [0.25, 0.3) is 10.0 Å². The summed E-state index contributed by atoms with van der Waals surface area (Å²) in [6, 6.07) is 10.4. The molecule has 0 fully saturated rings. The number of sulfonamides is 1. The first-order valence-electron chi connectivity index (χ1n) is 6.11. The quantitative estimate of drug-likeness (QED) is 0.770. The van der Waals surface area contributed by atoms with Crippen LogP contribution in [-0.4, -0.2) is 8.42 Å². The van der Waals surface area contributed by atoms with Crippen LogP contribution in [0.3, 0.4) is 0 Å². The number of benzene rings is 2. The highest BCUT2D eigenvalue weighted by Crippen LogP contribution is 2.34. The molecule has 2 aromatic rings. The van der Waals surface area contributed by atoms with E-state index in [0.717, 1.165) is 5.56 Å². The maximum atomic E-state index is 12.6. The van der Waals surface area contributed by atoms with Crippen molar-refractivity contribution in [3.8, 4) is 0 Å². The molecular weight excluding hydrogens is 420 g/mol. The van der Waals surface area contributed by atoms with E-state index in [1.807, 2.05) is 19.1 Å². The van der Waals surface area contributed by atoms with E-state index in [1.165, 1.54) is 0 Å². The van der Waals surface area contributed by atoms with Crippen molar-refractivity contribution in [3.63, 3.8) is 0 Å². The maximum absolute atomic E-state index is 12.6. The zero-order chi connectivity index (χ0) is 15.6. The Morgan fingerprint density at radius 3 is 2.29 bits per heavy atom. The Morgan fingerprint density at radius 2 is 1.71 bits per heavy atom. The summed E-state index contributed by atoms with van der Waals surface area (Å²) < 4.78 is 29.1. The highest BCUT2D eigenvalue weighted by Gasteiger charge is 2.20. The molecule has 0 aliphatic heterocycles. The zero-order valence-corrected chi connectivity index (χ0v) is 15.2. The van der Waals surface area contributed by atoms with Gasteiger partial charge in [-0.25, -0.2) is 8.42 Å². The van der Waals surface area contributed by atoms with Crippen LogP contribution in [0.15, 0.2) is 50.2 Å². The van der Waals surface area contributed by atoms with Gasteiger partial charge in [-0.3, -0.25) is 4.72 Å². The summed E-state index contributed by atoms with van der Waals surface area (Å²) in [5.74, 6) is 0. The van der Waals surface area contributed by atoms with Crippen molar-refractivity contribution in [2.24, 2.45) is 5.73 Å². The van der Waals surface area contributed by atoms with Crippen LogP contribution in [0.2, 0.25) is 0 Å². The number of aryl methyl sites for hydroxylation is 1. The molecule has 4 nitrogen and oxygen atoms in total. The number of halogens is 2. The molecule has 21 heavy (non-hydrogen) atoms. The third-order valence-corrected chi connectivity index (χ3v) is 5.61. The third-order valence-electron chi connectivity index (χ3n) is 2.90. The van der Waals surface area contributed by atoms with Crippen LogP contribution in [0.1, 0.15) is 11.1 Å². The predicted molar refractivity (Wildman–Crippen MR) is 91.7 cm³/mol. The second-order valence-corrected chi connectivity index (χ2v) is 7.88. The van der Waals surface area contributed by atoms with Gasteiger partial charge in [0, 0.05) is 15.5 Å². The predicted octanol–water partition coefficient (Wildman–Crippen LogP) is 3.78. The lowest BCUT2D eigenvalue weighted by Crippen LogP contribution is -2.17. The largest absolute Gasteiger partial charge is 0.326 e. The summed E-state index contributed by atoms with van der Waals surface area (Å²) in [7, 11) is -3.70. The van der Waals surface area contributed by atoms with Crippen LogP contribution in [0.25, 0.3) is 0 Å². The lowest BCUT2D eigenvalue weighted by Gasteiger charge is -2.14. The molecular formula is C14H14Br2N2O2S. The van der Waals surface area contributed by atoms with Gasteiger partial charge in [0.1, 0.15) is 0 Å². The van der Waals surface area contributed by atoms with E-state index in [9.17, 15) is 8.42 Å². The summed E-state index contributed by atoms with van der Waals surface area (Å²) in [6.07, 6.45) is 0. The highest BCUT2D eigenvalue weighted by molar-refractivity contribution is 9.11. The molecule has 0 aliphatic carbocycles. The maximum Gasteiger partial charge on any atom is 0.262 e. The van der Waals surface area contributed by atoms with Gasteiger partial charge < -0.3 is 5.73 Å². The fraction of sp³-hybridized carbons (Fsp3) is 0.143. The van der Waals surface area contributed by atoms with Crippen molar-refractivity contribution < 1.29 is 8.42 Å². The third kappa shape index (κ3) is 3.66. The van der Waals surface area contributed by atoms with E-state index in [2.05, 4.69) is 36.6 Å². The molecule has 0 bridgehead atoms. The Bertz CT molecular complexity index is 753. The lowest BCUT2D eigenvalue weighted by molar-refractivity contribution is 0.600.